The van der Waals surface area contributed by atoms with Crippen LogP contribution in [-0.2, 0) is 0 Å². The summed E-state index contributed by atoms with van der Waals surface area (Å²) < 4.78 is 16.0. The Labute approximate surface area is 179 Å². The van der Waals surface area contributed by atoms with E-state index in [1.54, 1.807) is 0 Å². The smallest absolute Gasteiger partial charge is 0.213 e. The first kappa shape index (κ1) is 16.3. The van der Waals surface area contributed by atoms with Crippen LogP contribution in [0.5, 0.6) is 0 Å². The highest BCUT2D eigenvalue weighted by Crippen LogP contribution is 2.43. The number of hydrogen-bond acceptors (Lipinski definition) is 2. The van der Waals surface area contributed by atoms with Crippen LogP contribution in [0.15, 0.2) is 98.2 Å². The van der Waals surface area contributed by atoms with Gasteiger partial charge in [0.1, 0.15) is 11.2 Å². The zero-order chi connectivity index (χ0) is 19.8. The van der Waals surface area contributed by atoms with E-state index in [4.69, 9.17) is 8.83 Å². The molecule has 3 nitrogen and oxygen atoms in total. The van der Waals surface area contributed by atoms with Crippen LogP contribution >= 0.6 is 15.9 Å². The van der Waals surface area contributed by atoms with E-state index in [2.05, 4.69) is 75.1 Å². The maximum atomic E-state index is 6.39. The number of aromatic nitrogens is 1. The molecule has 0 aliphatic rings. The van der Waals surface area contributed by atoms with Crippen LogP contribution in [0.25, 0.3) is 60.6 Å². The second-order valence-corrected chi connectivity index (χ2v) is 8.35. The van der Waals surface area contributed by atoms with Crippen molar-refractivity contribution in [3.05, 3.63) is 89.4 Å². The fraction of sp³-hybridized carbons (Fsp3) is 0. The van der Waals surface area contributed by atoms with E-state index >= 15 is 0 Å². The Morgan fingerprint density at radius 2 is 1.23 bits per heavy atom. The number of fused-ring (bicyclic) bond motifs is 8. The van der Waals surface area contributed by atoms with E-state index in [1.807, 2.05) is 30.3 Å². The molecule has 30 heavy (non-hydrogen) atoms. The summed E-state index contributed by atoms with van der Waals surface area (Å²) in [4.78, 5) is 0. The Bertz CT molecular complexity index is 1770. The van der Waals surface area contributed by atoms with E-state index in [0.29, 0.717) is 0 Å². The van der Waals surface area contributed by atoms with Crippen LogP contribution in [0.4, 0.5) is 0 Å². The lowest BCUT2D eigenvalue weighted by Crippen LogP contribution is -1.94. The molecule has 0 aliphatic heterocycles. The summed E-state index contributed by atoms with van der Waals surface area (Å²) >= 11 is 3.73. The first-order valence-corrected chi connectivity index (χ1v) is 10.6. The summed E-state index contributed by atoms with van der Waals surface area (Å²) in [6, 6.07) is 29.0. The van der Waals surface area contributed by atoms with Gasteiger partial charge in [-0.2, -0.15) is 0 Å². The fourth-order valence-corrected chi connectivity index (χ4v) is 5.15. The van der Waals surface area contributed by atoms with Gasteiger partial charge in [0.05, 0.1) is 16.6 Å². The number of benzene rings is 4. The zero-order valence-corrected chi connectivity index (χ0v) is 17.3. The molecule has 0 atom stereocenters. The predicted molar refractivity (Wildman–Crippen MR) is 126 cm³/mol. The molecule has 0 aliphatic carbocycles. The number of furan rings is 2. The minimum atomic E-state index is 0.835. The monoisotopic (exact) mass is 451 g/mol. The molecular formula is C26H14BrNO2. The number of halogens is 1. The van der Waals surface area contributed by atoms with Gasteiger partial charge in [0.2, 0.25) is 5.71 Å². The van der Waals surface area contributed by atoms with Gasteiger partial charge in [-0.3, -0.25) is 4.57 Å². The summed E-state index contributed by atoms with van der Waals surface area (Å²) in [5.74, 6) is 0. The summed E-state index contributed by atoms with van der Waals surface area (Å²) in [5.41, 5.74) is 5.50. The second-order valence-electron chi connectivity index (χ2n) is 7.50. The Hall–Kier alpha value is -3.50. The average molecular weight is 452 g/mol. The Morgan fingerprint density at radius 1 is 0.600 bits per heavy atom. The number of nitrogens with zero attached hydrogens (tertiary/aromatic N) is 1. The molecule has 0 unspecified atom stereocenters. The van der Waals surface area contributed by atoms with Crippen LogP contribution < -0.4 is 0 Å². The number of para-hydroxylation sites is 3. The van der Waals surface area contributed by atoms with Gasteiger partial charge in [-0.25, -0.2) is 0 Å². The first-order valence-electron chi connectivity index (χ1n) is 9.82. The highest BCUT2D eigenvalue weighted by molar-refractivity contribution is 9.10. The average Bonchev–Trinajstić information content (AvgIpc) is 3.43. The molecule has 0 amide bonds. The Morgan fingerprint density at radius 3 is 2.03 bits per heavy atom. The summed E-state index contributed by atoms with van der Waals surface area (Å²) in [6.45, 7) is 0. The largest absolute Gasteiger partial charge is 0.454 e. The molecule has 4 heteroatoms. The van der Waals surface area contributed by atoms with Crippen LogP contribution in [0.1, 0.15) is 0 Å². The molecule has 0 bridgehead atoms. The number of hydrogen-bond donors (Lipinski definition) is 0. The van der Waals surface area contributed by atoms with Crippen LogP contribution in [0, 0.1) is 0 Å². The molecule has 0 radical (unpaired) electrons. The van der Waals surface area contributed by atoms with Crippen LogP contribution in [-0.4, -0.2) is 4.57 Å². The zero-order valence-electron chi connectivity index (χ0n) is 15.7. The maximum absolute atomic E-state index is 6.39. The molecule has 0 saturated carbocycles. The van der Waals surface area contributed by atoms with Crippen molar-refractivity contribution < 1.29 is 8.83 Å². The van der Waals surface area contributed by atoms with Crippen molar-refractivity contribution in [2.24, 2.45) is 0 Å². The predicted octanol–water partition coefficient (Wildman–Crippen LogP) is 8.19. The Balaban J connectivity index is 1.73. The first-order chi connectivity index (χ1) is 14.8. The molecular weight excluding hydrogens is 438 g/mol. The van der Waals surface area contributed by atoms with Gasteiger partial charge < -0.3 is 8.83 Å². The van der Waals surface area contributed by atoms with Gasteiger partial charge in [-0.05, 0) is 30.3 Å². The minimum Gasteiger partial charge on any atom is -0.454 e. The van der Waals surface area contributed by atoms with E-state index in [-0.39, 0.29) is 0 Å². The number of rotatable bonds is 1. The van der Waals surface area contributed by atoms with Gasteiger partial charge in [-0.15, -0.1) is 0 Å². The van der Waals surface area contributed by atoms with Crippen molar-refractivity contribution in [3.63, 3.8) is 0 Å². The molecule has 3 heterocycles. The summed E-state index contributed by atoms with van der Waals surface area (Å²) in [7, 11) is 0. The third-order valence-electron chi connectivity index (χ3n) is 5.89. The van der Waals surface area contributed by atoms with Gasteiger partial charge in [-0.1, -0.05) is 70.5 Å². The third-order valence-corrected chi connectivity index (χ3v) is 6.55. The quantitative estimate of drug-likeness (QED) is 0.251. The molecule has 0 fully saturated rings. The van der Waals surface area contributed by atoms with Crippen molar-refractivity contribution in [2.75, 3.05) is 0 Å². The maximum Gasteiger partial charge on any atom is 0.213 e. The van der Waals surface area contributed by atoms with Crippen molar-refractivity contribution in [1.29, 1.82) is 0 Å². The van der Waals surface area contributed by atoms with Gasteiger partial charge in [0, 0.05) is 26.0 Å². The molecule has 0 saturated heterocycles. The molecule has 4 aromatic carbocycles. The van der Waals surface area contributed by atoms with Gasteiger partial charge >= 0.3 is 0 Å². The normalized spacial score (nSPS) is 12.2. The van der Waals surface area contributed by atoms with Crippen molar-refractivity contribution in [1.82, 2.24) is 4.57 Å². The van der Waals surface area contributed by atoms with Gasteiger partial charge in [0.25, 0.3) is 0 Å². The Kier molecular flexibility index (Phi) is 3.14. The topological polar surface area (TPSA) is 31.2 Å². The summed E-state index contributed by atoms with van der Waals surface area (Å²) in [6.07, 6.45) is 0. The van der Waals surface area contributed by atoms with Gasteiger partial charge in [0.15, 0.2) is 5.58 Å². The van der Waals surface area contributed by atoms with E-state index < -0.39 is 0 Å². The molecule has 7 rings (SSSR count). The standard InChI is InChI=1S/C26H14BrNO2/c27-18-13-14-20(25-24(18)17-9-3-5-11-21(17)29-25)28-19-10-4-1-7-15(19)23-16-8-2-6-12-22(16)30-26(23)28/h1-14H. The van der Waals surface area contributed by atoms with Crippen molar-refractivity contribution >= 4 is 70.8 Å². The molecule has 3 aromatic heterocycles. The molecule has 0 N–H and O–H groups in total. The minimum absolute atomic E-state index is 0.835. The van der Waals surface area contributed by atoms with E-state index in [9.17, 15) is 0 Å². The summed E-state index contributed by atoms with van der Waals surface area (Å²) in [5, 5.41) is 5.60. The third kappa shape index (κ3) is 1.99. The lowest BCUT2D eigenvalue weighted by atomic mass is 10.1. The lowest BCUT2D eigenvalue weighted by molar-refractivity contribution is 0.639. The highest BCUT2D eigenvalue weighted by atomic mass is 79.9. The second kappa shape index (κ2) is 5.77. The van der Waals surface area contributed by atoms with Crippen LogP contribution in [0.2, 0.25) is 0 Å². The van der Waals surface area contributed by atoms with Crippen molar-refractivity contribution in [2.45, 2.75) is 0 Å². The van der Waals surface area contributed by atoms with E-state index in [0.717, 1.165) is 59.7 Å². The molecule has 7 aromatic rings. The molecule has 142 valence electrons. The SMILES string of the molecule is Brc1ccc(-n2c3ccccc3c3c4ccccc4oc32)c2oc3ccccc3c12. The van der Waals surface area contributed by atoms with Crippen molar-refractivity contribution in [3.8, 4) is 5.69 Å². The van der Waals surface area contributed by atoms with Crippen LogP contribution in [0.3, 0.4) is 0 Å². The van der Waals surface area contributed by atoms with E-state index in [1.165, 1.54) is 5.39 Å². The molecule has 0 spiro atoms. The lowest BCUT2D eigenvalue weighted by Gasteiger charge is -2.08. The fourth-order valence-electron chi connectivity index (χ4n) is 4.63. The highest BCUT2D eigenvalue weighted by Gasteiger charge is 2.22.